The first kappa shape index (κ1) is 22.3. The second kappa shape index (κ2) is 10.1. The average molecular weight is 480 g/mol. The van der Waals surface area contributed by atoms with Gasteiger partial charge in [0, 0.05) is 44.7 Å². The first-order chi connectivity index (χ1) is 15.0. The fourth-order valence-electron chi connectivity index (χ4n) is 3.52. The third-order valence-electron chi connectivity index (χ3n) is 5.27. The Hall–Kier alpha value is -1.95. The molecule has 1 amide bonds. The quantitative estimate of drug-likeness (QED) is 0.564. The number of aromatic nitrogens is 2. The van der Waals surface area contributed by atoms with E-state index in [0.29, 0.717) is 26.2 Å². The maximum Gasteiger partial charge on any atom is 0.236 e. The van der Waals surface area contributed by atoms with E-state index in [1.807, 2.05) is 30.3 Å². The number of hydrogen-bond acceptors (Lipinski definition) is 8. The highest BCUT2D eigenvalue weighted by atomic mass is 32.2. The topological polar surface area (TPSA) is 86.7 Å². The van der Waals surface area contributed by atoms with Gasteiger partial charge in [-0.3, -0.25) is 4.79 Å². The van der Waals surface area contributed by atoms with Crippen molar-refractivity contribution in [2.75, 3.05) is 49.9 Å². The summed E-state index contributed by atoms with van der Waals surface area (Å²) in [6, 6.07) is 9.32. The Morgan fingerprint density at radius 2 is 1.74 bits per heavy atom. The molecule has 0 N–H and O–H groups in total. The Bertz CT molecular complexity index is 1010. The summed E-state index contributed by atoms with van der Waals surface area (Å²) in [4.78, 5) is 16.5. The minimum Gasteiger partial charge on any atom is -0.347 e. The molecule has 0 spiro atoms. The van der Waals surface area contributed by atoms with E-state index in [1.165, 1.54) is 45.7 Å². The van der Waals surface area contributed by atoms with Gasteiger partial charge in [-0.15, -0.1) is 10.2 Å². The first-order valence-electron chi connectivity index (χ1n) is 10.2. The van der Waals surface area contributed by atoms with Gasteiger partial charge in [0.2, 0.25) is 21.1 Å². The van der Waals surface area contributed by atoms with Crippen LogP contribution in [-0.4, -0.2) is 78.7 Å². The van der Waals surface area contributed by atoms with Crippen molar-refractivity contribution in [1.82, 2.24) is 19.4 Å². The summed E-state index contributed by atoms with van der Waals surface area (Å²) >= 11 is 2.92. The maximum atomic E-state index is 12.6. The van der Waals surface area contributed by atoms with E-state index in [9.17, 15) is 13.2 Å². The molecule has 2 aliphatic rings. The fourth-order valence-corrected chi connectivity index (χ4v) is 6.49. The van der Waals surface area contributed by atoms with Crippen LogP contribution in [0.1, 0.15) is 18.4 Å². The summed E-state index contributed by atoms with van der Waals surface area (Å²) in [6.07, 6.45) is 3.97. The number of thioether (sulfide) groups is 1. The van der Waals surface area contributed by atoms with Gasteiger partial charge in [0.1, 0.15) is 0 Å². The number of carbonyl (C=O) groups is 1. The number of anilines is 1. The second-order valence-electron chi connectivity index (χ2n) is 7.37. The summed E-state index contributed by atoms with van der Waals surface area (Å²) in [5.74, 6) is 0.287. The Kier molecular flexibility index (Phi) is 7.26. The molecule has 8 nitrogen and oxygen atoms in total. The van der Waals surface area contributed by atoms with Crippen molar-refractivity contribution in [3.05, 3.63) is 41.3 Å². The molecule has 2 aromatic rings. The number of carbonyl (C=O) groups excluding carboxylic acids is 1. The molecule has 0 radical (unpaired) electrons. The Balaban J connectivity index is 1.24. The Morgan fingerprint density at radius 3 is 2.45 bits per heavy atom. The van der Waals surface area contributed by atoms with Crippen molar-refractivity contribution >= 4 is 50.2 Å². The third kappa shape index (κ3) is 5.85. The number of benzene rings is 1. The lowest BCUT2D eigenvalue weighted by molar-refractivity contribution is -0.129. The molecular weight excluding hydrogens is 454 g/mol. The zero-order chi connectivity index (χ0) is 21.7. The zero-order valence-electron chi connectivity index (χ0n) is 17.1. The average Bonchev–Trinajstić information content (AvgIpc) is 3.49. The predicted octanol–water partition coefficient (Wildman–Crippen LogP) is 2.38. The molecular formula is C20H25N5O3S3. The smallest absolute Gasteiger partial charge is 0.236 e. The SMILES string of the molecule is O=C(CSc1nnc(N2CCCC2)s1)N1CCN(S(=O)(=O)/C=C/c2ccccc2)CC1. The lowest BCUT2D eigenvalue weighted by Crippen LogP contribution is -2.50. The highest BCUT2D eigenvalue weighted by molar-refractivity contribution is 8.01. The van der Waals surface area contributed by atoms with Crippen molar-refractivity contribution in [3.63, 3.8) is 0 Å². The van der Waals surface area contributed by atoms with Crippen molar-refractivity contribution in [2.24, 2.45) is 0 Å². The van der Waals surface area contributed by atoms with E-state index in [-0.39, 0.29) is 11.7 Å². The maximum absolute atomic E-state index is 12.6. The van der Waals surface area contributed by atoms with E-state index >= 15 is 0 Å². The highest BCUT2D eigenvalue weighted by Gasteiger charge is 2.27. The van der Waals surface area contributed by atoms with Gasteiger partial charge in [0.15, 0.2) is 4.34 Å². The van der Waals surface area contributed by atoms with E-state index < -0.39 is 10.0 Å². The standard InChI is InChI=1S/C20H25N5O3S3/c26-18(16-29-20-22-21-19(30-20)24-9-4-5-10-24)23-11-13-25(14-12-23)31(27,28)15-8-17-6-2-1-3-7-17/h1-3,6-8,15H,4-5,9-14,16H2/b15-8+. The monoisotopic (exact) mass is 479 g/mol. The van der Waals surface area contributed by atoms with E-state index in [1.54, 1.807) is 11.0 Å². The van der Waals surface area contributed by atoms with Gasteiger partial charge in [-0.2, -0.15) is 4.31 Å². The van der Waals surface area contributed by atoms with Crippen LogP contribution in [0.2, 0.25) is 0 Å². The molecule has 1 aromatic heterocycles. The largest absolute Gasteiger partial charge is 0.347 e. The molecule has 0 aliphatic carbocycles. The first-order valence-corrected chi connectivity index (χ1v) is 13.5. The fraction of sp³-hybridized carbons (Fsp3) is 0.450. The van der Waals surface area contributed by atoms with Crippen molar-refractivity contribution < 1.29 is 13.2 Å². The van der Waals surface area contributed by atoms with Crippen LogP contribution in [0, 0.1) is 0 Å². The summed E-state index contributed by atoms with van der Waals surface area (Å²) in [7, 11) is -3.50. The van der Waals surface area contributed by atoms with Crippen LogP contribution in [0.3, 0.4) is 0 Å². The molecule has 0 unspecified atom stereocenters. The molecule has 2 fully saturated rings. The summed E-state index contributed by atoms with van der Waals surface area (Å²) < 4.78 is 27.4. The van der Waals surface area contributed by atoms with Crippen molar-refractivity contribution in [1.29, 1.82) is 0 Å². The Labute approximate surface area is 191 Å². The molecule has 1 aromatic carbocycles. The number of rotatable bonds is 7. The second-order valence-corrected chi connectivity index (χ2v) is 11.4. The summed E-state index contributed by atoms with van der Waals surface area (Å²) in [5.41, 5.74) is 0.835. The number of nitrogens with zero attached hydrogens (tertiary/aromatic N) is 5. The highest BCUT2D eigenvalue weighted by Crippen LogP contribution is 2.30. The van der Waals surface area contributed by atoms with Crippen LogP contribution in [-0.2, 0) is 14.8 Å². The summed E-state index contributed by atoms with van der Waals surface area (Å²) in [6.45, 7) is 3.43. The molecule has 3 heterocycles. The normalized spacial score (nSPS) is 18.2. The van der Waals surface area contributed by atoms with E-state index in [4.69, 9.17) is 0 Å². The minimum atomic E-state index is -3.50. The number of sulfonamides is 1. The molecule has 4 rings (SSSR count). The van der Waals surface area contributed by atoms with Crippen molar-refractivity contribution in [2.45, 2.75) is 17.2 Å². The number of amides is 1. The number of piperazine rings is 1. The van der Waals surface area contributed by atoms with Gasteiger partial charge in [0.05, 0.1) is 5.75 Å². The van der Waals surface area contributed by atoms with Crippen molar-refractivity contribution in [3.8, 4) is 0 Å². The molecule has 0 atom stereocenters. The van der Waals surface area contributed by atoms with Gasteiger partial charge in [-0.25, -0.2) is 8.42 Å². The Morgan fingerprint density at radius 1 is 1.03 bits per heavy atom. The third-order valence-corrected chi connectivity index (χ3v) is 8.94. The van der Waals surface area contributed by atoms with Crippen LogP contribution in [0.15, 0.2) is 40.1 Å². The predicted molar refractivity (Wildman–Crippen MR) is 125 cm³/mol. The zero-order valence-corrected chi connectivity index (χ0v) is 19.5. The van der Waals surface area contributed by atoms with E-state index in [2.05, 4.69) is 15.1 Å². The molecule has 0 saturated carbocycles. The lowest BCUT2D eigenvalue weighted by Gasteiger charge is -2.33. The molecule has 166 valence electrons. The van der Waals surface area contributed by atoms with Crippen LogP contribution >= 0.6 is 23.1 Å². The van der Waals surface area contributed by atoms with E-state index in [0.717, 1.165) is 28.1 Å². The van der Waals surface area contributed by atoms with Crippen LogP contribution in [0.4, 0.5) is 5.13 Å². The van der Waals surface area contributed by atoms with Gasteiger partial charge < -0.3 is 9.80 Å². The van der Waals surface area contributed by atoms with Crippen LogP contribution in [0.5, 0.6) is 0 Å². The number of hydrogen-bond donors (Lipinski definition) is 0. The summed E-state index contributed by atoms with van der Waals surface area (Å²) in [5, 5.41) is 10.6. The van der Waals surface area contributed by atoms with Gasteiger partial charge in [-0.05, 0) is 24.5 Å². The molecule has 31 heavy (non-hydrogen) atoms. The molecule has 0 bridgehead atoms. The minimum absolute atomic E-state index is 0.000187. The van der Waals surface area contributed by atoms with Gasteiger partial charge in [0.25, 0.3) is 0 Å². The lowest BCUT2D eigenvalue weighted by atomic mass is 10.2. The molecule has 11 heteroatoms. The van der Waals surface area contributed by atoms with Gasteiger partial charge >= 0.3 is 0 Å². The van der Waals surface area contributed by atoms with Crippen LogP contribution in [0.25, 0.3) is 6.08 Å². The van der Waals surface area contributed by atoms with Gasteiger partial charge in [-0.1, -0.05) is 53.4 Å². The molecule has 2 aliphatic heterocycles. The molecule has 2 saturated heterocycles. The van der Waals surface area contributed by atoms with Crippen LogP contribution < -0.4 is 4.90 Å².